The fraction of sp³-hybridized carbons (Fsp3) is 0.207. The van der Waals surface area contributed by atoms with E-state index in [-0.39, 0.29) is 11.8 Å². The van der Waals surface area contributed by atoms with E-state index in [4.69, 9.17) is 9.47 Å². The first-order chi connectivity index (χ1) is 18.6. The molecular formula is C29H28N4O4S. The van der Waals surface area contributed by atoms with Gasteiger partial charge in [0.25, 0.3) is 11.8 Å². The maximum Gasteiger partial charge on any atom is 0.267 e. The van der Waals surface area contributed by atoms with Gasteiger partial charge in [-0.25, -0.2) is 4.98 Å². The smallest absolute Gasteiger partial charge is 0.267 e. The lowest BCUT2D eigenvalue weighted by atomic mass is 10.1. The molecule has 1 aromatic heterocycles. The summed E-state index contributed by atoms with van der Waals surface area (Å²) in [5, 5.41) is 6.58. The van der Waals surface area contributed by atoms with Gasteiger partial charge in [-0.15, -0.1) is 11.3 Å². The van der Waals surface area contributed by atoms with E-state index in [0.717, 1.165) is 44.2 Å². The highest BCUT2D eigenvalue weighted by molar-refractivity contribution is 7.17. The Balaban J connectivity index is 1.15. The van der Waals surface area contributed by atoms with Crippen LogP contribution in [-0.2, 0) is 4.74 Å². The first-order valence-corrected chi connectivity index (χ1v) is 13.2. The van der Waals surface area contributed by atoms with Gasteiger partial charge in [-0.3, -0.25) is 14.5 Å². The number of nitrogens with zero attached hydrogens (tertiary/aromatic N) is 2. The minimum absolute atomic E-state index is 0.109. The highest BCUT2D eigenvalue weighted by Gasteiger charge is 2.14. The van der Waals surface area contributed by atoms with Crippen LogP contribution in [0.2, 0.25) is 0 Å². The zero-order valence-electron chi connectivity index (χ0n) is 20.8. The lowest BCUT2D eigenvalue weighted by Gasteiger charge is -2.26. The molecule has 0 aliphatic carbocycles. The summed E-state index contributed by atoms with van der Waals surface area (Å²) in [6.45, 7) is 4.67. The van der Waals surface area contributed by atoms with Crippen molar-refractivity contribution < 1.29 is 19.1 Å². The van der Waals surface area contributed by atoms with E-state index in [1.54, 1.807) is 24.4 Å². The summed E-state index contributed by atoms with van der Waals surface area (Å²) in [7, 11) is 0. The highest BCUT2D eigenvalue weighted by atomic mass is 32.1. The number of para-hydroxylation sites is 1. The van der Waals surface area contributed by atoms with Gasteiger partial charge >= 0.3 is 0 Å². The summed E-state index contributed by atoms with van der Waals surface area (Å²) in [6.07, 6.45) is 1.56. The minimum atomic E-state index is -0.248. The topological polar surface area (TPSA) is 92.8 Å². The molecule has 38 heavy (non-hydrogen) atoms. The lowest BCUT2D eigenvalue weighted by molar-refractivity contribution is 0.0383. The Morgan fingerprint density at radius 1 is 0.921 bits per heavy atom. The molecule has 4 aromatic rings. The predicted molar refractivity (Wildman–Crippen MR) is 148 cm³/mol. The fourth-order valence-electron chi connectivity index (χ4n) is 3.99. The molecule has 0 radical (unpaired) electrons. The second-order valence-corrected chi connectivity index (χ2v) is 9.74. The number of nitrogens with one attached hydrogen (secondary N) is 2. The maximum atomic E-state index is 12.8. The van der Waals surface area contributed by atoms with Crippen LogP contribution in [0.25, 0.3) is 10.6 Å². The van der Waals surface area contributed by atoms with E-state index in [2.05, 4.69) is 20.5 Å². The van der Waals surface area contributed by atoms with Crippen LogP contribution in [0.4, 0.5) is 5.69 Å². The van der Waals surface area contributed by atoms with Crippen molar-refractivity contribution in [2.45, 2.75) is 0 Å². The van der Waals surface area contributed by atoms with Gasteiger partial charge in [0.2, 0.25) is 0 Å². The van der Waals surface area contributed by atoms with Crippen LogP contribution >= 0.6 is 11.3 Å². The van der Waals surface area contributed by atoms with Crippen LogP contribution in [-0.4, -0.2) is 61.1 Å². The first-order valence-electron chi connectivity index (χ1n) is 12.4. The summed E-state index contributed by atoms with van der Waals surface area (Å²) in [4.78, 5) is 32.5. The number of anilines is 1. The number of carbonyl (C=O) groups excluding carboxylic acids is 2. The zero-order valence-corrected chi connectivity index (χ0v) is 21.6. The van der Waals surface area contributed by atoms with E-state index >= 15 is 0 Å². The Labute approximate surface area is 225 Å². The van der Waals surface area contributed by atoms with Crippen LogP contribution < -0.4 is 15.4 Å². The van der Waals surface area contributed by atoms with Crippen LogP contribution in [0.3, 0.4) is 0 Å². The van der Waals surface area contributed by atoms with Crippen molar-refractivity contribution in [1.82, 2.24) is 15.2 Å². The molecular weight excluding hydrogens is 500 g/mol. The summed E-state index contributed by atoms with van der Waals surface area (Å²) >= 11 is 1.29. The molecule has 1 saturated heterocycles. The Kier molecular flexibility index (Phi) is 8.39. The SMILES string of the molecule is O=C(NCCN1CCOCC1)c1ccc(-c2ncc(C(=O)Nc3cccc(Oc4ccccc4)c3)s2)cc1. The molecule has 1 aliphatic heterocycles. The van der Waals surface area contributed by atoms with E-state index in [9.17, 15) is 9.59 Å². The van der Waals surface area contributed by atoms with Crippen molar-refractivity contribution >= 4 is 28.8 Å². The molecule has 2 heterocycles. The number of thiazole rings is 1. The molecule has 194 valence electrons. The number of ether oxygens (including phenoxy) is 2. The van der Waals surface area contributed by atoms with Crippen LogP contribution in [0, 0.1) is 0 Å². The molecule has 1 aliphatic rings. The molecule has 2 N–H and O–H groups in total. The average molecular weight is 529 g/mol. The highest BCUT2D eigenvalue weighted by Crippen LogP contribution is 2.27. The van der Waals surface area contributed by atoms with Crippen molar-refractivity contribution in [2.24, 2.45) is 0 Å². The molecule has 0 spiro atoms. The van der Waals surface area contributed by atoms with E-state index in [1.165, 1.54) is 11.3 Å². The first kappa shape index (κ1) is 25.6. The third-order valence-electron chi connectivity index (χ3n) is 6.01. The second kappa shape index (κ2) is 12.5. The Hall–Kier alpha value is -4.05. The summed E-state index contributed by atoms with van der Waals surface area (Å²) in [5.41, 5.74) is 2.06. The number of amides is 2. The maximum absolute atomic E-state index is 12.8. The molecule has 1 fully saturated rings. The lowest BCUT2D eigenvalue weighted by Crippen LogP contribution is -2.41. The quantitative estimate of drug-likeness (QED) is 0.321. The molecule has 9 heteroatoms. The van der Waals surface area contributed by atoms with Crippen LogP contribution in [0.1, 0.15) is 20.0 Å². The van der Waals surface area contributed by atoms with Crippen LogP contribution in [0.5, 0.6) is 11.5 Å². The largest absolute Gasteiger partial charge is 0.457 e. The van der Waals surface area contributed by atoms with E-state index in [1.807, 2.05) is 60.7 Å². The average Bonchev–Trinajstić information content (AvgIpc) is 3.45. The number of benzene rings is 3. The zero-order chi connectivity index (χ0) is 26.2. The van der Waals surface area contributed by atoms with Gasteiger partial charge in [0, 0.05) is 49.1 Å². The van der Waals surface area contributed by atoms with Crippen molar-refractivity contribution in [2.75, 3.05) is 44.7 Å². The van der Waals surface area contributed by atoms with Gasteiger partial charge in [0.15, 0.2) is 0 Å². The third-order valence-corrected chi connectivity index (χ3v) is 7.06. The summed E-state index contributed by atoms with van der Waals surface area (Å²) in [5.74, 6) is 0.994. The summed E-state index contributed by atoms with van der Waals surface area (Å²) < 4.78 is 11.2. The van der Waals surface area contributed by atoms with Gasteiger partial charge in [-0.2, -0.15) is 0 Å². The summed E-state index contributed by atoms with van der Waals surface area (Å²) in [6, 6.07) is 24.0. The van der Waals surface area contributed by atoms with Gasteiger partial charge in [0.05, 0.1) is 19.4 Å². The number of carbonyl (C=O) groups is 2. The normalized spacial score (nSPS) is 13.6. The van der Waals surface area contributed by atoms with Gasteiger partial charge in [-0.05, 0) is 36.4 Å². The Morgan fingerprint density at radius 2 is 1.68 bits per heavy atom. The van der Waals surface area contributed by atoms with Gasteiger partial charge in [0.1, 0.15) is 21.4 Å². The molecule has 2 amide bonds. The molecule has 0 unspecified atom stereocenters. The van der Waals surface area contributed by atoms with Crippen LogP contribution in [0.15, 0.2) is 85.1 Å². The van der Waals surface area contributed by atoms with Gasteiger partial charge in [-0.1, -0.05) is 36.4 Å². The van der Waals surface area contributed by atoms with Crippen molar-refractivity contribution in [3.63, 3.8) is 0 Å². The minimum Gasteiger partial charge on any atom is -0.457 e. The predicted octanol–water partition coefficient (Wildman–Crippen LogP) is 4.92. The second-order valence-electron chi connectivity index (χ2n) is 8.71. The van der Waals surface area contributed by atoms with E-state index < -0.39 is 0 Å². The molecule has 0 atom stereocenters. The standard InChI is InChI=1S/C29H28N4O4S/c34-27(30-13-14-33-15-17-36-18-16-33)21-9-11-22(12-10-21)29-31-20-26(38-29)28(35)32-23-5-4-8-25(19-23)37-24-6-2-1-3-7-24/h1-12,19-20H,13-18H2,(H,30,34)(H,32,35). The molecule has 5 rings (SSSR count). The monoisotopic (exact) mass is 528 g/mol. The molecule has 0 saturated carbocycles. The van der Waals surface area contributed by atoms with Crippen molar-refractivity contribution in [3.8, 4) is 22.1 Å². The van der Waals surface area contributed by atoms with Crippen molar-refractivity contribution in [3.05, 3.63) is 95.5 Å². The number of hydrogen-bond acceptors (Lipinski definition) is 7. The number of morpholine rings is 1. The number of rotatable bonds is 9. The molecule has 0 bridgehead atoms. The Bertz CT molecular complexity index is 1370. The van der Waals surface area contributed by atoms with Crippen molar-refractivity contribution in [1.29, 1.82) is 0 Å². The van der Waals surface area contributed by atoms with Gasteiger partial charge < -0.3 is 20.1 Å². The fourth-order valence-corrected chi connectivity index (χ4v) is 4.80. The van der Waals surface area contributed by atoms with E-state index in [0.29, 0.717) is 33.4 Å². The number of aromatic nitrogens is 1. The third kappa shape index (κ3) is 6.83. The number of hydrogen-bond donors (Lipinski definition) is 2. The molecule has 3 aromatic carbocycles. The molecule has 8 nitrogen and oxygen atoms in total. The Morgan fingerprint density at radius 3 is 2.47 bits per heavy atom.